The van der Waals surface area contributed by atoms with Gasteiger partial charge >= 0.3 is 5.69 Å². The van der Waals surface area contributed by atoms with Crippen LogP contribution in [0.25, 0.3) is 0 Å². The molecule has 1 aliphatic rings. The summed E-state index contributed by atoms with van der Waals surface area (Å²) in [7, 11) is 0. The van der Waals surface area contributed by atoms with Crippen molar-refractivity contribution < 1.29 is 5.11 Å². The second-order valence-electron chi connectivity index (χ2n) is 4.12. The summed E-state index contributed by atoms with van der Waals surface area (Å²) in [4.78, 5) is 16.2. The van der Waals surface area contributed by atoms with Crippen molar-refractivity contribution in [3.8, 4) is 5.88 Å². The van der Waals surface area contributed by atoms with Gasteiger partial charge in [-0.25, -0.2) is 4.79 Å². The van der Waals surface area contributed by atoms with E-state index in [1.54, 1.807) is 0 Å². The Labute approximate surface area is 87.9 Å². The van der Waals surface area contributed by atoms with Crippen molar-refractivity contribution in [3.05, 3.63) is 16.2 Å². The lowest BCUT2D eigenvalue weighted by Crippen LogP contribution is -2.40. The molecule has 0 atom stereocenters. The van der Waals surface area contributed by atoms with Crippen molar-refractivity contribution in [2.75, 3.05) is 6.54 Å². The number of H-pyrrole nitrogens is 2. The quantitative estimate of drug-likeness (QED) is 0.596. The molecule has 0 amide bonds. The summed E-state index contributed by atoms with van der Waals surface area (Å²) in [5, 5.41) is 13.0. The minimum atomic E-state index is -0.341. The molecule has 84 valence electrons. The number of imidazole rings is 1. The second kappa shape index (κ2) is 3.73. The first-order valence-electron chi connectivity index (χ1n) is 5.45. The van der Waals surface area contributed by atoms with Gasteiger partial charge in [-0.15, -0.1) is 0 Å². The molecule has 0 radical (unpaired) electrons. The Balaban J connectivity index is 2.40. The van der Waals surface area contributed by atoms with Crippen LogP contribution in [0.3, 0.4) is 0 Å². The molecule has 4 N–H and O–H groups in total. The highest BCUT2D eigenvalue weighted by Gasteiger charge is 2.38. The van der Waals surface area contributed by atoms with Crippen molar-refractivity contribution in [1.29, 1.82) is 0 Å². The fourth-order valence-corrected chi connectivity index (χ4v) is 2.55. The van der Waals surface area contributed by atoms with Gasteiger partial charge in [-0.1, -0.05) is 19.8 Å². The molecule has 0 aliphatic heterocycles. The number of nitrogens with one attached hydrogen (secondary N) is 3. The van der Waals surface area contributed by atoms with E-state index in [1.165, 1.54) is 0 Å². The van der Waals surface area contributed by atoms with Crippen molar-refractivity contribution in [3.63, 3.8) is 0 Å². The topological polar surface area (TPSA) is 80.9 Å². The third kappa shape index (κ3) is 1.67. The van der Waals surface area contributed by atoms with Gasteiger partial charge < -0.3 is 15.4 Å². The van der Waals surface area contributed by atoms with Gasteiger partial charge in [-0.05, 0) is 19.4 Å². The highest BCUT2D eigenvalue weighted by atomic mass is 16.3. The average Bonchev–Trinajstić information content (AvgIpc) is 2.75. The lowest BCUT2D eigenvalue weighted by Gasteiger charge is -2.28. The predicted octanol–water partition coefficient (Wildman–Crippen LogP) is 0.787. The summed E-state index contributed by atoms with van der Waals surface area (Å²) >= 11 is 0. The monoisotopic (exact) mass is 211 g/mol. The van der Waals surface area contributed by atoms with E-state index in [4.69, 9.17) is 0 Å². The van der Waals surface area contributed by atoms with Crippen LogP contribution in [-0.4, -0.2) is 21.6 Å². The number of rotatable bonds is 3. The molecule has 0 aromatic carbocycles. The van der Waals surface area contributed by atoms with Gasteiger partial charge in [0.05, 0.1) is 5.54 Å². The Morgan fingerprint density at radius 2 is 2.07 bits per heavy atom. The van der Waals surface area contributed by atoms with Crippen LogP contribution >= 0.6 is 0 Å². The zero-order chi connectivity index (χ0) is 10.9. The molecule has 1 aromatic rings. The van der Waals surface area contributed by atoms with Crippen LogP contribution < -0.4 is 11.0 Å². The van der Waals surface area contributed by atoms with Gasteiger partial charge in [0, 0.05) is 0 Å². The summed E-state index contributed by atoms with van der Waals surface area (Å²) in [5.74, 6) is -0.0251. The van der Waals surface area contributed by atoms with Gasteiger partial charge in [-0.3, -0.25) is 4.98 Å². The number of hydrogen-bond donors (Lipinski definition) is 4. The molecule has 2 rings (SSSR count). The zero-order valence-electron chi connectivity index (χ0n) is 8.89. The second-order valence-corrected chi connectivity index (χ2v) is 4.12. The van der Waals surface area contributed by atoms with E-state index in [-0.39, 0.29) is 17.1 Å². The van der Waals surface area contributed by atoms with Gasteiger partial charge in [0.2, 0.25) is 5.88 Å². The van der Waals surface area contributed by atoms with Crippen LogP contribution in [0.15, 0.2) is 4.79 Å². The minimum absolute atomic E-state index is 0.0251. The lowest BCUT2D eigenvalue weighted by atomic mass is 9.93. The predicted molar refractivity (Wildman–Crippen MR) is 56.9 cm³/mol. The summed E-state index contributed by atoms with van der Waals surface area (Å²) in [6.45, 7) is 2.86. The molecule has 0 unspecified atom stereocenters. The van der Waals surface area contributed by atoms with Gasteiger partial charge in [0.25, 0.3) is 0 Å². The third-order valence-electron chi connectivity index (χ3n) is 3.16. The Kier molecular flexibility index (Phi) is 2.56. The average molecular weight is 211 g/mol. The first-order chi connectivity index (χ1) is 7.18. The van der Waals surface area contributed by atoms with E-state index >= 15 is 0 Å². The third-order valence-corrected chi connectivity index (χ3v) is 3.16. The van der Waals surface area contributed by atoms with Crippen molar-refractivity contribution in [1.82, 2.24) is 15.3 Å². The van der Waals surface area contributed by atoms with E-state index in [9.17, 15) is 9.90 Å². The van der Waals surface area contributed by atoms with Crippen LogP contribution in [0.4, 0.5) is 0 Å². The highest BCUT2D eigenvalue weighted by molar-refractivity contribution is 5.26. The van der Waals surface area contributed by atoms with Gasteiger partial charge in [0.15, 0.2) is 0 Å². The molecule has 5 heteroatoms. The molecule has 1 aliphatic carbocycles. The Hall–Kier alpha value is -1.23. The number of aromatic hydroxyl groups is 1. The minimum Gasteiger partial charge on any atom is -0.493 e. The van der Waals surface area contributed by atoms with Crippen molar-refractivity contribution in [2.24, 2.45) is 0 Å². The molecule has 1 saturated carbocycles. The number of aromatic amines is 2. The fourth-order valence-electron chi connectivity index (χ4n) is 2.55. The maximum atomic E-state index is 11.1. The SMILES string of the molecule is CCNC1(c2[nH]c(=O)[nH]c2O)CCCC1. The van der Waals surface area contributed by atoms with E-state index in [1.807, 2.05) is 6.92 Å². The summed E-state index contributed by atoms with van der Waals surface area (Å²) in [6.07, 6.45) is 4.17. The molecule has 15 heavy (non-hydrogen) atoms. The van der Waals surface area contributed by atoms with E-state index in [0.29, 0.717) is 5.69 Å². The molecule has 1 fully saturated rings. The molecule has 1 aromatic heterocycles. The van der Waals surface area contributed by atoms with Crippen molar-refractivity contribution in [2.45, 2.75) is 38.1 Å². The van der Waals surface area contributed by atoms with Gasteiger partial charge in [-0.2, -0.15) is 0 Å². The lowest BCUT2D eigenvalue weighted by molar-refractivity contribution is 0.322. The molecular formula is C10H17N3O2. The zero-order valence-corrected chi connectivity index (χ0v) is 8.89. The van der Waals surface area contributed by atoms with Crippen LogP contribution in [0.5, 0.6) is 5.88 Å². The highest BCUT2D eigenvalue weighted by Crippen LogP contribution is 2.40. The summed E-state index contributed by atoms with van der Waals surface area (Å²) in [5.41, 5.74) is 0.0383. The standard InChI is InChI=1S/C10H17N3O2/c1-2-11-10(5-3-4-6-10)7-8(14)13-9(15)12-7/h11,14H,2-6H2,1H3,(H2,12,13,15). The Morgan fingerprint density at radius 3 is 2.53 bits per heavy atom. The molecule has 0 saturated heterocycles. The van der Waals surface area contributed by atoms with E-state index < -0.39 is 0 Å². The summed E-state index contributed by atoms with van der Waals surface area (Å²) < 4.78 is 0. The Morgan fingerprint density at radius 1 is 1.40 bits per heavy atom. The molecule has 1 heterocycles. The summed E-state index contributed by atoms with van der Waals surface area (Å²) in [6, 6.07) is 0. The van der Waals surface area contributed by atoms with Crippen LogP contribution in [0.2, 0.25) is 0 Å². The Bertz CT molecular complexity index is 388. The first kappa shape index (κ1) is 10.3. The molecule has 5 nitrogen and oxygen atoms in total. The molecule has 0 spiro atoms. The van der Waals surface area contributed by atoms with E-state index in [0.717, 1.165) is 32.2 Å². The first-order valence-corrected chi connectivity index (χ1v) is 5.45. The van der Waals surface area contributed by atoms with Crippen molar-refractivity contribution >= 4 is 0 Å². The maximum absolute atomic E-state index is 11.1. The maximum Gasteiger partial charge on any atom is 0.326 e. The van der Waals surface area contributed by atoms with Gasteiger partial charge in [0.1, 0.15) is 5.69 Å². The number of aromatic nitrogens is 2. The molecular weight excluding hydrogens is 194 g/mol. The van der Waals surface area contributed by atoms with Crippen LogP contribution in [-0.2, 0) is 5.54 Å². The normalized spacial score (nSPS) is 19.5. The smallest absolute Gasteiger partial charge is 0.326 e. The van der Waals surface area contributed by atoms with Crippen LogP contribution in [0.1, 0.15) is 38.3 Å². The fraction of sp³-hybridized carbons (Fsp3) is 0.700. The molecule has 0 bridgehead atoms. The van der Waals surface area contributed by atoms with E-state index in [2.05, 4.69) is 15.3 Å². The largest absolute Gasteiger partial charge is 0.493 e. The van der Waals surface area contributed by atoms with Crippen LogP contribution in [0, 0.1) is 0 Å². The number of hydrogen-bond acceptors (Lipinski definition) is 3.